The molecule has 0 aliphatic rings. The highest BCUT2D eigenvalue weighted by Gasteiger charge is 2.13. The third-order valence-electron chi connectivity index (χ3n) is 3.13. The summed E-state index contributed by atoms with van der Waals surface area (Å²) in [5, 5.41) is 13.2. The zero-order chi connectivity index (χ0) is 13.1. The Labute approximate surface area is 106 Å². The average Bonchev–Trinajstić information content (AvgIpc) is 2.91. The van der Waals surface area contributed by atoms with Crippen molar-refractivity contribution >= 4 is 5.97 Å². The van der Waals surface area contributed by atoms with E-state index in [1.165, 1.54) is 0 Å². The first-order valence-corrected chi connectivity index (χ1v) is 5.97. The first-order valence-electron chi connectivity index (χ1n) is 5.97. The molecular formula is C13H17N3O2. The molecule has 0 radical (unpaired) electrons. The topological polar surface area (TPSA) is 60.0 Å². The Bertz CT molecular complexity index is 541. The number of aromatic nitrogens is 3. The van der Waals surface area contributed by atoms with Crippen LogP contribution in [0.25, 0.3) is 0 Å². The molecule has 5 nitrogen and oxygen atoms in total. The minimum atomic E-state index is -0.860. The zero-order valence-corrected chi connectivity index (χ0v) is 10.6. The minimum absolute atomic E-state index is 0.395. The molecule has 0 aromatic carbocycles. The monoisotopic (exact) mass is 247 g/mol. The third kappa shape index (κ3) is 2.45. The first-order chi connectivity index (χ1) is 8.59. The number of carbonyl (C=O) groups is 1. The van der Waals surface area contributed by atoms with Crippen LogP contribution in [0.15, 0.2) is 24.5 Å². The Balaban J connectivity index is 2.03. The lowest BCUT2D eigenvalue weighted by Crippen LogP contribution is -2.08. The summed E-state index contributed by atoms with van der Waals surface area (Å²) in [6.45, 7) is 5.44. The van der Waals surface area contributed by atoms with Crippen LogP contribution < -0.4 is 0 Å². The van der Waals surface area contributed by atoms with Crippen molar-refractivity contribution < 1.29 is 9.90 Å². The molecule has 96 valence electrons. The lowest BCUT2D eigenvalue weighted by molar-refractivity contribution is 0.0696. The van der Waals surface area contributed by atoms with E-state index in [0.29, 0.717) is 5.56 Å². The average molecular weight is 247 g/mol. The molecule has 0 bridgehead atoms. The van der Waals surface area contributed by atoms with Crippen LogP contribution in [0.1, 0.15) is 28.2 Å². The minimum Gasteiger partial charge on any atom is -0.478 e. The van der Waals surface area contributed by atoms with E-state index in [1.807, 2.05) is 35.4 Å². The van der Waals surface area contributed by atoms with Crippen molar-refractivity contribution in [2.45, 2.75) is 33.4 Å². The number of aryl methyl sites for hydroxylation is 2. The molecule has 0 saturated carbocycles. The smallest absolute Gasteiger partial charge is 0.337 e. The van der Waals surface area contributed by atoms with E-state index in [2.05, 4.69) is 5.10 Å². The van der Waals surface area contributed by atoms with Gasteiger partial charge in [-0.25, -0.2) is 4.79 Å². The van der Waals surface area contributed by atoms with Crippen molar-refractivity contribution in [1.29, 1.82) is 0 Å². The van der Waals surface area contributed by atoms with Gasteiger partial charge in [0.25, 0.3) is 0 Å². The van der Waals surface area contributed by atoms with Gasteiger partial charge in [-0.05, 0) is 32.4 Å². The first kappa shape index (κ1) is 12.4. The van der Waals surface area contributed by atoms with E-state index in [-0.39, 0.29) is 0 Å². The molecule has 0 aliphatic carbocycles. The maximum Gasteiger partial charge on any atom is 0.337 e. The van der Waals surface area contributed by atoms with Crippen LogP contribution in [-0.4, -0.2) is 25.4 Å². The highest BCUT2D eigenvalue weighted by molar-refractivity contribution is 5.89. The molecule has 0 fully saturated rings. The van der Waals surface area contributed by atoms with Gasteiger partial charge in [0, 0.05) is 36.9 Å². The SMILES string of the molecule is Cc1cc(C(=O)O)c(C)n1CCCn1cccn1. The van der Waals surface area contributed by atoms with Crippen molar-refractivity contribution in [3.05, 3.63) is 41.5 Å². The number of nitrogens with zero attached hydrogens (tertiary/aromatic N) is 3. The van der Waals surface area contributed by atoms with Gasteiger partial charge in [-0.2, -0.15) is 5.10 Å². The van der Waals surface area contributed by atoms with Crippen molar-refractivity contribution in [1.82, 2.24) is 14.3 Å². The largest absolute Gasteiger partial charge is 0.478 e. The molecule has 0 amide bonds. The van der Waals surface area contributed by atoms with Crippen LogP contribution >= 0.6 is 0 Å². The van der Waals surface area contributed by atoms with Gasteiger partial charge in [-0.15, -0.1) is 0 Å². The lowest BCUT2D eigenvalue weighted by atomic mass is 10.2. The van der Waals surface area contributed by atoms with Gasteiger partial charge in [-0.3, -0.25) is 4.68 Å². The standard InChI is InChI=1S/C13H17N3O2/c1-10-9-12(13(17)18)11(2)16(10)8-4-7-15-6-3-5-14-15/h3,5-6,9H,4,7-8H2,1-2H3,(H,17,18). The van der Waals surface area contributed by atoms with Crippen molar-refractivity contribution in [2.75, 3.05) is 0 Å². The Morgan fingerprint density at radius 1 is 1.39 bits per heavy atom. The normalized spacial score (nSPS) is 10.8. The molecular weight excluding hydrogens is 230 g/mol. The summed E-state index contributed by atoms with van der Waals surface area (Å²) >= 11 is 0. The van der Waals surface area contributed by atoms with Crippen LogP contribution in [0.2, 0.25) is 0 Å². The number of aromatic carboxylic acids is 1. The fourth-order valence-corrected chi connectivity index (χ4v) is 2.19. The molecule has 0 unspecified atom stereocenters. The van der Waals surface area contributed by atoms with Crippen LogP contribution in [0, 0.1) is 13.8 Å². The molecule has 2 heterocycles. The Morgan fingerprint density at radius 3 is 2.72 bits per heavy atom. The fraction of sp³-hybridized carbons (Fsp3) is 0.385. The molecule has 1 N–H and O–H groups in total. The summed E-state index contributed by atoms with van der Waals surface area (Å²) in [6, 6.07) is 3.63. The van der Waals surface area contributed by atoms with Crippen LogP contribution in [0.4, 0.5) is 0 Å². The lowest BCUT2D eigenvalue weighted by Gasteiger charge is -2.09. The molecule has 5 heteroatoms. The van der Waals surface area contributed by atoms with E-state index in [0.717, 1.165) is 30.9 Å². The Kier molecular flexibility index (Phi) is 3.50. The summed E-state index contributed by atoms with van der Waals surface area (Å²) in [7, 11) is 0. The maximum absolute atomic E-state index is 11.0. The summed E-state index contributed by atoms with van der Waals surface area (Å²) in [4.78, 5) is 11.0. The van der Waals surface area contributed by atoms with E-state index >= 15 is 0 Å². The quantitative estimate of drug-likeness (QED) is 0.880. The van der Waals surface area contributed by atoms with Gasteiger partial charge in [0.2, 0.25) is 0 Å². The summed E-state index contributed by atoms with van der Waals surface area (Å²) < 4.78 is 3.93. The van der Waals surface area contributed by atoms with Gasteiger partial charge >= 0.3 is 5.97 Å². The number of hydrogen-bond acceptors (Lipinski definition) is 2. The molecule has 2 rings (SSSR count). The third-order valence-corrected chi connectivity index (χ3v) is 3.13. The number of carboxylic acid groups (broad SMARTS) is 1. The molecule has 0 saturated heterocycles. The fourth-order valence-electron chi connectivity index (χ4n) is 2.19. The molecule has 0 atom stereocenters. The van der Waals surface area contributed by atoms with E-state index in [9.17, 15) is 4.79 Å². The Morgan fingerprint density at radius 2 is 2.17 bits per heavy atom. The number of carboxylic acids is 1. The van der Waals surface area contributed by atoms with Crippen LogP contribution in [0.3, 0.4) is 0 Å². The van der Waals surface area contributed by atoms with Crippen LogP contribution in [-0.2, 0) is 13.1 Å². The van der Waals surface area contributed by atoms with E-state index in [1.54, 1.807) is 12.3 Å². The highest BCUT2D eigenvalue weighted by atomic mass is 16.4. The second-order valence-corrected chi connectivity index (χ2v) is 4.36. The van der Waals surface area contributed by atoms with E-state index in [4.69, 9.17) is 5.11 Å². The second-order valence-electron chi connectivity index (χ2n) is 4.36. The Hall–Kier alpha value is -2.04. The second kappa shape index (κ2) is 5.08. The molecule has 2 aromatic rings. The zero-order valence-electron chi connectivity index (χ0n) is 10.6. The van der Waals surface area contributed by atoms with Crippen LogP contribution in [0.5, 0.6) is 0 Å². The number of rotatable bonds is 5. The predicted molar refractivity (Wildman–Crippen MR) is 67.7 cm³/mol. The van der Waals surface area contributed by atoms with Gasteiger partial charge < -0.3 is 9.67 Å². The summed E-state index contributed by atoms with van der Waals surface area (Å²) in [5.41, 5.74) is 2.21. The van der Waals surface area contributed by atoms with Gasteiger partial charge in [-0.1, -0.05) is 0 Å². The highest BCUT2D eigenvalue weighted by Crippen LogP contribution is 2.15. The van der Waals surface area contributed by atoms with Gasteiger partial charge in [0.15, 0.2) is 0 Å². The maximum atomic E-state index is 11.0. The van der Waals surface area contributed by atoms with Crippen molar-refractivity contribution in [3.63, 3.8) is 0 Å². The van der Waals surface area contributed by atoms with Crippen molar-refractivity contribution in [3.8, 4) is 0 Å². The summed E-state index contributed by atoms with van der Waals surface area (Å²) in [5.74, 6) is -0.860. The van der Waals surface area contributed by atoms with Crippen molar-refractivity contribution in [2.24, 2.45) is 0 Å². The van der Waals surface area contributed by atoms with Gasteiger partial charge in [0.1, 0.15) is 0 Å². The molecule has 0 aliphatic heterocycles. The molecule has 18 heavy (non-hydrogen) atoms. The predicted octanol–water partition coefficient (Wildman–Crippen LogP) is 2.09. The summed E-state index contributed by atoms with van der Waals surface area (Å²) in [6.07, 6.45) is 4.61. The number of hydrogen-bond donors (Lipinski definition) is 1. The van der Waals surface area contributed by atoms with Gasteiger partial charge in [0.05, 0.1) is 5.56 Å². The van der Waals surface area contributed by atoms with E-state index < -0.39 is 5.97 Å². The molecule has 2 aromatic heterocycles. The molecule has 0 spiro atoms.